The molecule has 0 aromatic heterocycles. The largest absolute Gasteiger partial charge is 0.497 e. The number of para-hydroxylation sites is 1. The normalized spacial score (nSPS) is 9.88. The van der Waals surface area contributed by atoms with E-state index in [2.05, 4.69) is 5.32 Å². The first-order valence-electron chi connectivity index (χ1n) is 4.95. The molecule has 0 fully saturated rings. The molecule has 3 heteroatoms. The van der Waals surface area contributed by atoms with Crippen LogP contribution >= 0.6 is 0 Å². The Hall–Kier alpha value is -2.03. The van der Waals surface area contributed by atoms with Gasteiger partial charge in [-0.1, -0.05) is 12.1 Å². The van der Waals surface area contributed by atoms with Crippen LogP contribution in [-0.4, -0.2) is 7.11 Å². The van der Waals surface area contributed by atoms with Crippen LogP contribution < -0.4 is 10.1 Å². The van der Waals surface area contributed by atoms with Gasteiger partial charge in [-0.05, 0) is 36.4 Å². The van der Waals surface area contributed by atoms with E-state index >= 15 is 0 Å². The van der Waals surface area contributed by atoms with Crippen LogP contribution in [-0.2, 0) is 0 Å². The summed E-state index contributed by atoms with van der Waals surface area (Å²) in [5, 5.41) is 2.99. The first-order chi connectivity index (χ1) is 7.79. The predicted octanol–water partition coefficient (Wildman–Crippen LogP) is 3.58. The zero-order valence-corrected chi connectivity index (χ0v) is 8.91. The lowest BCUT2D eigenvalue weighted by atomic mass is 10.2. The van der Waals surface area contributed by atoms with Crippen molar-refractivity contribution in [3.05, 3.63) is 54.3 Å². The number of rotatable bonds is 3. The van der Waals surface area contributed by atoms with Crippen molar-refractivity contribution >= 4 is 11.4 Å². The Morgan fingerprint density at radius 2 is 1.69 bits per heavy atom. The highest BCUT2D eigenvalue weighted by Gasteiger charge is 2.00. The number of hydrogen-bond donors (Lipinski definition) is 1. The van der Waals surface area contributed by atoms with E-state index in [0.29, 0.717) is 5.69 Å². The van der Waals surface area contributed by atoms with E-state index in [1.807, 2.05) is 24.3 Å². The summed E-state index contributed by atoms with van der Waals surface area (Å²) in [7, 11) is 1.61. The van der Waals surface area contributed by atoms with Crippen LogP contribution in [0.5, 0.6) is 5.75 Å². The molecule has 1 N–H and O–H groups in total. The maximum atomic E-state index is 13.3. The summed E-state index contributed by atoms with van der Waals surface area (Å²) in [6.45, 7) is 0. The summed E-state index contributed by atoms with van der Waals surface area (Å²) < 4.78 is 18.4. The third-order valence-corrected chi connectivity index (χ3v) is 2.24. The Morgan fingerprint density at radius 3 is 2.31 bits per heavy atom. The zero-order chi connectivity index (χ0) is 11.4. The van der Waals surface area contributed by atoms with Gasteiger partial charge in [0.1, 0.15) is 11.6 Å². The van der Waals surface area contributed by atoms with Gasteiger partial charge < -0.3 is 10.1 Å². The van der Waals surface area contributed by atoms with E-state index in [1.54, 1.807) is 25.3 Å². The quantitative estimate of drug-likeness (QED) is 0.848. The summed E-state index contributed by atoms with van der Waals surface area (Å²) in [6, 6.07) is 13.9. The molecule has 0 saturated heterocycles. The van der Waals surface area contributed by atoms with Crippen molar-refractivity contribution in [1.29, 1.82) is 0 Å². The molecule has 0 aliphatic heterocycles. The summed E-state index contributed by atoms with van der Waals surface area (Å²) in [5.74, 6) is 0.511. The molecular formula is C13H12FNO. The Bertz CT molecular complexity index is 468. The molecule has 0 atom stereocenters. The average Bonchev–Trinajstić information content (AvgIpc) is 2.33. The minimum absolute atomic E-state index is 0.265. The molecule has 2 aromatic rings. The predicted molar refractivity (Wildman–Crippen MR) is 62.7 cm³/mol. The highest BCUT2D eigenvalue weighted by atomic mass is 19.1. The molecule has 2 nitrogen and oxygen atoms in total. The Labute approximate surface area is 93.7 Å². The highest BCUT2D eigenvalue weighted by Crippen LogP contribution is 2.21. The first-order valence-corrected chi connectivity index (χ1v) is 4.95. The number of anilines is 2. The molecule has 82 valence electrons. The van der Waals surface area contributed by atoms with Gasteiger partial charge in [0.2, 0.25) is 0 Å². The number of methoxy groups -OCH3 is 1. The molecule has 16 heavy (non-hydrogen) atoms. The van der Waals surface area contributed by atoms with Gasteiger partial charge in [0.05, 0.1) is 12.8 Å². The van der Waals surface area contributed by atoms with Crippen molar-refractivity contribution in [2.24, 2.45) is 0 Å². The van der Waals surface area contributed by atoms with Crippen molar-refractivity contribution < 1.29 is 9.13 Å². The third-order valence-electron chi connectivity index (χ3n) is 2.24. The van der Waals surface area contributed by atoms with Crippen LogP contribution in [0.15, 0.2) is 48.5 Å². The SMILES string of the molecule is COc1ccc(Nc2ccccc2F)cc1. The standard InChI is InChI=1S/C13H12FNO/c1-16-11-8-6-10(7-9-11)15-13-5-3-2-4-12(13)14/h2-9,15H,1H3. The molecule has 0 aliphatic rings. The van der Waals surface area contributed by atoms with Gasteiger partial charge in [0.15, 0.2) is 0 Å². The van der Waals surface area contributed by atoms with Crippen molar-refractivity contribution in [2.45, 2.75) is 0 Å². The van der Waals surface area contributed by atoms with Crippen molar-refractivity contribution in [3.8, 4) is 5.75 Å². The lowest BCUT2D eigenvalue weighted by Gasteiger charge is -2.07. The van der Waals surface area contributed by atoms with Crippen molar-refractivity contribution in [3.63, 3.8) is 0 Å². The van der Waals surface area contributed by atoms with Gasteiger partial charge in [-0.3, -0.25) is 0 Å². The smallest absolute Gasteiger partial charge is 0.146 e. The fourth-order valence-corrected chi connectivity index (χ4v) is 1.39. The molecule has 2 aromatic carbocycles. The number of benzene rings is 2. The van der Waals surface area contributed by atoms with Crippen molar-refractivity contribution in [2.75, 3.05) is 12.4 Å². The van der Waals surface area contributed by atoms with Crippen LogP contribution in [0.1, 0.15) is 0 Å². The average molecular weight is 217 g/mol. The van der Waals surface area contributed by atoms with Crippen molar-refractivity contribution in [1.82, 2.24) is 0 Å². The maximum Gasteiger partial charge on any atom is 0.146 e. The first kappa shape index (κ1) is 10.5. The van der Waals surface area contributed by atoms with Gasteiger partial charge in [-0.15, -0.1) is 0 Å². The molecule has 0 spiro atoms. The summed E-state index contributed by atoms with van der Waals surface area (Å²) in [4.78, 5) is 0. The molecule has 0 bridgehead atoms. The van der Waals surface area contributed by atoms with E-state index in [4.69, 9.17) is 4.74 Å². The van der Waals surface area contributed by atoms with Crippen LogP contribution in [0.2, 0.25) is 0 Å². The van der Waals surface area contributed by atoms with Gasteiger partial charge >= 0.3 is 0 Å². The minimum atomic E-state index is -0.265. The summed E-state index contributed by atoms with van der Waals surface area (Å²) in [5.41, 5.74) is 1.29. The van der Waals surface area contributed by atoms with Gasteiger partial charge in [0.25, 0.3) is 0 Å². The monoisotopic (exact) mass is 217 g/mol. The second-order valence-electron chi connectivity index (χ2n) is 3.33. The summed E-state index contributed by atoms with van der Waals surface area (Å²) in [6.07, 6.45) is 0. The van der Waals surface area contributed by atoms with E-state index < -0.39 is 0 Å². The fourth-order valence-electron chi connectivity index (χ4n) is 1.39. The third kappa shape index (κ3) is 2.31. The molecular weight excluding hydrogens is 205 g/mol. The molecule has 0 aliphatic carbocycles. The van der Waals surface area contributed by atoms with E-state index in [-0.39, 0.29) is 5.82 Å². The lowest BCUT2D eigenvalue weighted by molar-refractivity contribution is 0.415. The molecule has 0 amide bonds. The van der Waals surface area contributed by atoms with Crippen LogP contribution in [0.3, 0.4) is 0 Å². The topological polar surface area (TPSA) is 21.3 Å². The molecule has 2 rings (SSSR count). The van der Waals surface area contributed by atoms with E-state index in [1.165, 1.54) is 6.07 Å². The van der Waals surface area contributed by atoms with Crippen LogP contribution in [0.4, 0.5) is 15.8 Å². The van der Waals surface area contributed by atoms with E-state index in [0.717, 1.165) is 11.4 Å². The van der Waals surface area contributed by atoms with Crippen LogP contribution in [0.25, 0.3) is 0 Å². The Balaban J connectivity index is 2.18. The second kappa shape index (κ2) is 4.66. The zero-order valence-electron chi connectivity index (χ0n) is 8.91. The number of halogens is 1. The molecule has 0 radical (unpaired) electrons. The molecule has 0 unspecified atom stereocenters. The summed E-state index contributed by atoms with van der Waals surface area (Å²) >= 11 is 0. The van der Waals surface area contributed by atoms with E-state index in [9.17, 15) is 4.39 Å². The number of nitrogens with one attached hydrogen (secondary N) is 1. The Morgan fingerprint density at radius 1 is 1.00 bits per heavy atom. The maximum absolute atomic E-state index is 13.3. The second-order valence-corrected chi connectivity index (χ2v) is 3.33. The van der Waals surface area contributed by atoms with Crippen LogP contribution in [0, 0.1) is 5.82 Å². The van der Waals surface area contributed by atoms with Gasteiger partial charge in [-0.2, -0.15) is 0 Å². The van der Waals surface area contributed by atoms with Gasteiger partial charge in [0, 0.05) is 5.69 Å². The lowest BCUT2D eigenvalue weighted by Crippen LogP contribution is -1.93. The molecule has 0 heterocycles. The highest BCUT2D eigenvalue weighted by molar-refractivity contribution is 5.60. The number of ether oxygens (including phenoxy) is 1. The number of hydrogen-bond acceptors (Lipinski definition) is 2. The van der Waals surface area contributed by atoms with Gasteiger partial charge in [-0.25, -0.2) is 4.39 Å². The minimum Gasteiger partial charge on any atom is -0.497 e. The fraction of sp³-hybridized carbons (Fsp3) is 0.0769. The molecule has 0 saturated carbocycles. The Kier molecular flexibility index (Phi) is 3.05.